The first-order valence-corrected chi connectivity index (χ1v) is 2.84. The molecule has 10 heavy (non-hydrogen) atoms. The summed E-state index contributed by atoms with van der Waals surface area (Å²) in [7, 11) is 0. The van der Waals surface area contributed by atoms with E-state index in [4.69, 9.17) is 0 Å². The fourth-order valence-corrected chi connectivity index (χ4v) is 0.458. The van der Waals surface area contributed by atoms with E-state index in [2.05, 4.69) is 4.84 Å². The SMILES string of the molecule is CCN(CC)OC(=O)[O-].[K+]. The predicted octanol–water partition coefficient (Wildman–Crippen LogP) is -3.39. The summed E-state index contributed by atoms with van der Waals surface area (Å²) in [6.07, 6.45) is -1.50. The number of carbonyl (C=O) groups excluding carboxylic acids is 1. The summed E-state index contributed by atoms with van der Waals surface area (Å²) in [5, 5.41) is 11.0. The summed E-state index contributed by atoms with van der Waals surface area (Å²) in [6, 6.07) is 0. The second-order valence-corrected chi connectivity index (χ2v) is 1.46. The summed E-state index contributed by atoms with van der Waals surface area (Å²) < 4.78 is 0. The van der Waals surface area contributed by atoms with Crippen LogP contribution in [-0.4, -0.2) is 24.3 Å². The average Bonchev–Trinajstić information content (AvgIpc) is 1.82. The van der Waals surface area contributed by atoms with Crippen LogP contribution in [0.5, 0.6) is 0 Å². The standard InChI is InChI=1S/C5H11NO3.K/c1-3-6(4-2)9-5(7)8;/h3-4H2,1-2H3,(H,7,8);/q;+1/p-1. The summed E-state index contributed by atoms with van der Waals surface area (Å²) in [4.78, 5) is 13.9. The maximum atomic E-state index is 9.75. The molecule has 0 N–H and O–H groups in total. The second kappa shape index (κ2) is 7.97. The van der Waals surface area contributed by atoms with Crippen molar-refractivity contribution >= 4 is 6.16 Å². The molecule has 0 spiro atoms. The minimum absolute atomic E-state index is 0. The van der Waals surface area contributed by atoms with Gasteiger partial charge in [0.05, 0.1) is 0 Å². The van der Waals surface area contributed by atoms with Crippen molar-refractivity contribution in [3.63, 3.8) is 0 Å². The van der Waals surface area contributed by atoms with E-state index in [1.165, 1.54) is 5.06 Å². The van der Waals surface area contributed by atoms with E-state index in [0.717, 1.165) is 0 Å². The number of hydrogen-bond acceptors (Lipinski definition) is 4. The molecule has 0 saturated carbocycles. The Balaban J connectivity index is 0. The Morgan fingerprint density at radius 1 is 1.50 bits per heavy atom. The van der Waals surface area contributed by atoms with Gasteiger partial charge in [0, 0.05) is 13.1 Å². The van der Waals surface area contributed by atoms with Crippen LogP contribution < -0.4 is 56.5 Å². The quantitative estimate of drug-likeness (QED) is 0.328. The Hall–Kier alpha value is 0.866. The summed E-state index contributed by atoms with van der Waals surface area (Å²) in [5.41, 5.74) is 0. The van der Waals surface area contributed by atoms with Gasteiger partial charge in [0.1, 0.15) is 0 Å². The summed E-state index contributed by atoms with van der Waals surface area (Å²) in [5.74, 6) is 0. The van der Waals surface area contributed by atoms with Gasteiger partial charge in [-0.15, -0.1) is 0 Å². The molecule has 0 aromatic heterocycles. The summed E-state index contributed by atoms with van der Waals surface area (Å²) in [6.45, 7) is 4.69. The van der Waals surface area contributed by atoms with Crippen LogP contribution in [0.25, 0.3) is 0 Å². The van der Waals surface area contributed by atoms with Crippen molar-refractivity contribution in [3.8, 4) is 0 Å². The third-order valence-electron chi connectivity index (χ3n) is 0.909. The van der Waals surface area contributed by atoms with Crippen LogP contribution in [0, 0.1) is 0 Å². The number of hydrogen-bond donors (Lipinski definition) is 0. The number of carboxylic acid groups (broad SMARTS) is 1. The molecule has 0 aromatic rings. The van der Waals surface area contributed by atoms with Crippen LogP contribution in [0.3, 0.4) is 0 Å². The van der Waals surface area contributed by atoms with Gasteiger partial charge in [-0.05, 0) is 0 Å². The van der Waals surface area contributed by atoms with Crippen molar-refractivity contribution in [1.29, 1.82) is 0 Å². The van der Waals surface area contributed by atoms with Crippen LogP contribution in [0.1, 0.15) is 13.8 Å². The smallest absolute Gasteiger partial charge is 0.466 e. The van der Waals surface area contributed by atoms with E-state index in [9.17, 15) is 9.90 Å². The van der Waals surface area contributed by atoms with Crippen LogP contribution in [0.15, 0.2) is 0 Å². The minimum atomic E-state index is -1.50. The van der Waals surface area contributed by atoms with E-state index < -0.39 is 6.16 Å². The molecule has 5 heteroatoms. The van der Waals surface area contributed by atoms with Crippen LogP contribution in [0.2, 0.25) is 0 Å². The molecule has 0 bridgehead atoms. The Bertz CT molecular complexity index is 94.9. The van der Waals surface area contributed by atoms with Gasteiger partial charge in [-0.3, -0.25) is 0 Å². The molecular formula is C5H10KNO3. The molecule has 0 amide bonds. The van der Waals surface area contributed by atoms with E-state index >= 15 is 0 Å². The normalized spacial score (nSPS) is 8.70. The Kier molecular flexibility index (Phi) is 10.7. The molecular weight excluding hydrogens is 161 g/mol. The molecule has 0 saturated heterocycles. The van der Waals surface area contributed by atoms with E-state index in [1.807, 2.05) is 0 Å². The van der Waals surface area contributed by atoms with Crippen LogP contribution in [-0.2, 0) is 4.84 Å². The minimum Gasteiger partial charge on any atom is -0.466 e. The first kappa shape index (κ1) is 13.5. The van der Waals surface area contributed by atoms with E-state index in [-0.39, 0.29) is 51.4 Å². The molecule has 54 valence electrons. The summed E-state index contributed by atoms with van der Waals surface area (Å²) >= 11 is 0. The fourth-order valence-electron chi connectivity index (χ4n) is 0.458. The number of rotatable bonds is 3. The number of nitrogens with zero attached hydrogens (tertiary/aromatic N) is 1. The first-order chi connectivity index (χ1) is 4.20. The predicted molar refractivity (Wildman–Crippen MR) is 29.4 cm³/mol. The molecule has 0 unspecified atom stereocenters. The van der Waals surface area contributed by atoms with Crippen molar-refractivity contribution < 1.29 is 66.1 Å². The van der Waals surface area contributed by atoms with Gasteiger partial charge in [-0.25, -0.2) is 5.06 Å². The van der Waals surface area contributed by atoms with E-state index in [1.54, 1.807) is 13.8 Å². The molecule has 0 aliphatic carbocycles. The molecule has 0 aromatic carbocycles. The maximum Gasteiger partial charge on any atom is 1.00 e. The molecule has 0 aliphatic heterocycles. The molecule has 0 radical (unpaired) electrons. The van der Waals surface area contributed by atoms with Crippen molar-refractivity contribution in [1.82, 2.24) is 5.06 Å². The van der Waals surface area contributed by atoms with E-state index in [0.29, 0.717) is 13.1 Å². The van der Waals surface area contributed by atoms with Crippen molar-refractivity contribution in [2.24, 2.45) is 0 Å². The van der Waals surface area contributed by atoms with Gasteiger partial charge in [-0.2, -0.15) is 0 Å². The maximum absolute atomic E-state index is 9.75. The third kappa shape index (κ3) is 6.98. The molecule has 0 rings (SSSR count). The van der Waals surface area contributed by atoms with Gasteiger partial charge in [0.15, 0.2) is 0 Å². The Morgan fingerprint density at radius 2 is 1.90 bits per heavy atom. The number of hydroxylamine groups is 2. The zero-order chi connectivity index (χ0) is 7.28. The van der Waals surface area contributed by atoms with Crippen LogP contribution in [0.4, 0.5) is 4.79 Å². The zero-order valence-electron chi connectivity index (χ0n) is 6.59. The van der Waals surface area contributed by atoms with Crippen molar-refractivity contribution in [2.45, 2.75) is 13.8 Å². The van der Waals surface area contributed by atoms with Crippen molar-refractivity contribution in [2.75, 3.05) is 13.1 Å². The first-order valence-electron chi connectivity index (χ1n) is 2.84. The zero-order valence-corrected chi connectivity index (χ0v) is 9.71. The van der Waals surface area contributed by atoms with Crippen molar-refractivity contribution in [3.05, 3.63) is 0 Å². The molecule has 4 nitrogen and oxygen atoms in total. The van der Waals surface area contributed by atoms with Crippen LogP contribution >= 0.6 is 0 Å². The largest absolute Gasteiger partial charge is 1.00 e. The number of carbonyl (C=O) groups is 1. The second-order valence-electron chi connectivity index (χ2n) is 1.46. The molecule has 0 atom stereocenters. The monoisotopic (exact) mass is 171 g/mol. The van der Waals surface area contributed by atoms with Gasteiger partial charge < -0.3 is 14.7 Å². The third-order valence-corrected chi connectivity index (χ3v) is 0.909. The molecule has 0 fully saturated rings. The van der Waals surface area contributed by atoms with Gasteiger partial charge in [0.25, 0.3) is 6.16 Å². The van der Waals surface area contributed by atoms with Gasteiger partial charge >= 0.3 is 51.4 Å². The Morgan fingerprint density at radius 3 is 2.00 bits per heavy atom. The molecule has 0 heterocycles. The topological polar surface area (TPSA) is 52.6 Å². The van der Waals surface area contributed by atoms with Gasteiger partial charge in [-0.1, -0.05) is 13.8 Å². The molecule has 0 aliphatic rings. The average molecular weight is 171 g/mol. The Labute approximate surface area is 103 Å². The van der Waals surface area contributed by atoms with Gasteiger partial charge in [0.2, 0.25) is 0 Å². The fraction of sp³-hybridized carbons (Fsp3) is 0.800.